The van der Waals surface area contributed by atoms with Gasteiger partial charge in [-0.05, 0) is 48.6 Å². The first-order valence-corrected chi connectivity index (χ1v) is 10.2. The first-order chi connectivity index (χ1) is 14.2. The molecule has 148 valence electrons. The van der Waals surface area contributed by atoms with Crippen molar-refractivity contribution in [1.82, 2.24) is 9.97 Å². The number of rotatable bonds is 5. The van der Waals surface area contributed by atoms with E-state index in [1.165, 1.54) is 11.3 Å². The van der Waals surface area contributed by atoms with E-state index in [1.54, 1.807) is 48.9 Å². The van der Waals surface area contributed by atoms with Crippen molar-refractivity contribution in [3.8, 4) is 5.75 Å². The van der Waals surface area contributed by atoms with Crippen LogP contribution in [-0.4, -0.2) is 34.9 Å². The quantitative estimate of drug-likeness (QED) is 0.513. The fourth-order valence-electron chi connectivity index (χ4n) is 3.21. The van der Waals surface area contributed by atoms with Crippen molar-refractivity contribution in [2.75, 3.05) is 23.3 Å². The van der Waals surface area contributed by atoms with Crippen molar-refractivity contribution in [2.24, 2.45) is 5.92 Å². The number of carbonyl (C=O) groups excluding carboxylic acids is 2. The first-order valence-electron chi connectivity index (χ1n) is 9.36. The second-order valence-electron chi connectivity index (χ2n) is 6.70. The summed E-state index contributed by atoms with van der Waals surface area (Å²) in [4.78, 5) is 35.7. The summed E-state index contributed by atoms with van der Waals surface area (Å²) in [5, 5.41) is 4.68. The van der Waals surface area contributed by atoms with Crippen LogP contribution in [0.5, 0.6) is 5.75 Å². The molecule has 0 spiro atoms. The molecule has 1 amide bonds. The molecule has 0 saturated carbocycles. The molecule has 3 heterocycles. The predicted molar refractivity (Wildman–Crippen MR) is 111 cm³/mol. The van der Waals surface area contributed by atoms with Crippen LogP contribution >= 0.6 is 11.3 Å². The molecular weight excluding hydrogens is 388 g/mol. The first kappa shape index (κ1) is 19.1. The van der Waals surface area contributed by atoms with Gasteiger partial charge in [0.1, 0.15) is 11.6 Å². The molecular formula is C21H20N4O3S. The van der Waals surface area contributed by atoms with Crippen LogP contribution in [-0.2, 0) is 4.79 Å². The van der Waals surface area contributed by atoms with Gasteiger partial charge >= 0.3 is 5.97 Å². The number of benzene rings is 1. The lowest BCUT2D eigenvalue weighted by molar-refractivity contribution is -0.139. The van der Waals surface area contributed by atoms with Gasteiger partial charge in [-0.15, -0.1) is 11.3 Å². The van der Waals surface area contributed by atoms with Gasteiger partial charge in [0, 0.05) is 31.2 Å². The van der Waals surface area contributed by atoms with Gasteiger partial charge in [0.15, 0.2) is 0 Å². The molecule has 7 nitrogen and oxygen atoms in total. The monoisotopic (exact) mass is 408 g/mol. The van der Waals surface area contributed by atoms with Crippen LogP contribution in [0.2, 0.25) is 0 Å². The van der Waals surface area contributed by atoms with Crippen LogP contribution in [0, 0.1) is 5.92 Å². The molecule has 3 aromatic rings. The number of amides is 1. The van der Waals surface area contributed by atoms with Crippen molar-refractivity contribution in [2.45, 2.75) is 12.8 Å². The Morgan fingerprint density at radius 2 is 1.90 bits per heavy atom. The van der Waals surface area contributed by atoms with Crippen LogP contribution in [0.3, 0.4) is 0 Å². The van der Waals surface area contributed by atoms with Gasteiger partial charge in [-0.25, -0.2) is 4.98 Å². The molecule has 0 radical (unpaired) electrons. The highest BCUT2D eigenvalue weighted by Crippen LogP contribution is 2.24. The van der Waals surface area contributed by atoms with E-state index in [4.69, 9.17) is 4.74 Å². The molecule has 1 saturated heterocycles. The van der Waals surface area contributed by atoms with E-state index in [1.807, 2.05) is 11.4 Å². The summed E-state index contributed by atoms with van der Waals surface area (Å²) in [5.41, 5.74) is 0.653. The Balaban J connectivity index is 1.28. The molecule has 0 atom stereocenters. The standard InChI is InChI=1S/C21H20N4O3S/c26-20(18-2-1-13-29-18)24-16-3-5-17(6-4-16)28-21(27)15-7-11-25(12-8-15)19-14-22-9-10-23-19/h1-6,9-10,13-15H,7-8,11-12H2,(H,24,26). The molecule has 4 rings (SSSR count). The Morgan fingerprint density at radius 3 is 2.55 bits per heavy atom. The molecule has 8 heteroatoms. The van der Waals surface area contributed by atoms with Gasteiger partial charge in [0.2, 0.25) is 0 Å². The minimum Gasteiger partial charge on any atom is -0.426 e. The van der Waals surface area contributed by atoms with Crippen LogP contribution in [0.4, 0.5) is 11.5 Å². The fourth-order valence-corrected chi connectivity index (χ4v) is 3.82. The summed E-state index contributed by atoms with van der Waals surface area (Å²) in [7, 11) is 0. The van der Waals surface area contributed by atoms with Crippen LogP contribution in [0.15, 0.2) is 60.4 Å². The van der Waals surface area contributed by atoms with Gasteiger partial charge in [-0.1, -0.05) is 6.07 Å². The predicted octanol–water partition coefficient (Wildman–Crippen LogP) is 3.61. The second-order valence-corrected chi connectivity index (χ2v) is 7.65. The molecule has 0 bridgehead atoms. The number of thiophene rings is 1. The number of piperidine rings is 1. The number of hydrogen-bond acceptors (Lipinski definition) is 7. The number of aromatic nitrogens is 2. The van der Waals surface area contributed by atoms with Crippen molar-refractivity contribution in [3.05, 3.63) is 65.2 Å². The van der Waals surface area contributed by atoms with Gasteiger partial charge in [0.05, 0.1) is 17.0 Å². The molecule has 2 aromatic heterocycles. The molecule has 1 N–H and O–H groups in total. The maximum atomic E-state index is 12.5. The molecule has 1 fully saturated rings. The van der Waals surface area contributed by atoms with E-state index in [0.717, 1.165) is 18.9 Å². The molecule has 1 aliphatic heterocycles. The Bertz CT molecular complexity index is 953. The Labute approximate surface area is 172 Å². The normalized spacial score (nSPS) is 14.4. The van der Waals surface area contributed by atoms with Crippen LogP contribution < -0.4 is 15.0 Å². The summed E-state index contributed by atoms with van der Waals surface area (Å²) in [6.45, 7) is 1.48. The highest BCUT2D eigenvalue weighted by Gasteiger charge is 2.27. The van der Waals surface area contributed by atoms with Crippen molar-refractivity contribution < 1.29 is 14.3 Å². The third-order valence-corrected chi connectivity index (χ3v) is 5.65. The van der Waals surface area contributed by atoms with E-state index >= 15 is 0 Å². The zero-order valence-corrected chi connectivity index (χ0v) is 16.5. The number of nitrogens with zero attached hydrogens (tertiary/aromatic N) is 3. The molecule has 0 aliphatic carbocycles. The molecule has 29 heavy (non-hydrogen) atoms. The topological polar surface area (TPSA) is 84.4 Å². The summed E-state index contributed by atoms with van der Waals surface area (Å²) in [6, 6.07) is 10.4. The number of anilines is 2. The molecule has 1 aliphatic rings. The lowest BCUT2D eigenvalue weighted by atomic mass is 9.97. The van der Waals surface area contributed by atoms with Gasteiger partial charge in [-0.3, -0.25) is 14.6 Å². The lowest BCUT2D eigenvalue weighted by Gasteiger charge is -2.31. The van der Waals surface area contributed by atoms with E-state index in [0.29, 0.717) is 29.2 Å². The number of hydrogen-bond donors (Lipinski definition) is 1. The minimum atomic E-state index is -0.223. The maximum Gasteiger partial charge on any atom is 0.314 e. The molecule has 1 aromatic carbocycles. The fraction of sp³-hybridized carbons (Fsp3) is 0.238. The number of nitrogens with one attached hydrogen (secondary N) is 1. The Hall–Kier alpha value is -3.26. The van der Waals surface area contributed by atoms with Gasteiger partial charge in [0.25, 0.3) is 5.91 Å². The lowest BCUT2D eigenvalue weighted by Crippen LogP contribution is -2.38. The van der Waals surface area contributed by atoms with Crippen molar-refractivity contribution in [1.29, 1.82) is 0 Å². The summed E-state index contributed by atoms with van der Waals surface area (Å²) in [6.07, 6.45) is 6.47. The average molecular weight is 408 g/mol. The highest BCUT2D eigenvalue weighted by atomic mass is 32.1. The largest absolute Gasteiger partial charge is 0.426 e. The maximum absolute atomic E-state index is 12.5. The zero-order valence-electron chi connectivity index (χ0n) is 15.7. The third-order valence-electron chi connectivity index (χ3n) is 4.78. The van der Waals surface area contributed by atoms with E-state index < -0.39 is 0 Å². The summed E-state index contributed by atoms with van der Waals surface area (Å²) < 4.78 is 5.53. The van der Waals surface area contributed by atoms with E-state index in [-0.39, 0.29) is 17.8 Å². The van der Waals surface area contributed by atoms with Crippen molar-refractivity contribution >= 4 is 34.7 Å². The SMILES string of the molecule is O=C(Nc1ccc(OC(=O)C2CCN(c3cnccn3)CC2)cc1)c1cccs1. The van der Waals surface area contributed by atoms with Gasteiger partial charge < -0.3 is 15.0 Å². The smallest absolute Gasteiger partial charge is 0.314 e. The van der Waals surface area contributed by atoms with E-state index in [2.05, 4.69) is 20.2 Å². The number of ether oxygens (including phenoxy) is 1. The van der Waals surface area contributed by atoms with Gasteiger partial charge in [-0.2, -0.15) is 0 Å². The van der Waals surface area contributed by atoms with Crippen LogP contribution in [0.25, 0.3) is 0 Å². The van der Waals surface area contributed by atoms with Crippen LogP contribution in [0.1, 0.15) is 22.5 Å². The minimum absolute atomic E-state index is 0.138. The highest BCUT2D eigenvalue weighted by molar-refractivity contribution is 7.12. The number of esters is 1. The van der Waals surface area contributed by atoms with E-state index in [9.17, 15) is 9.59 Å². The zero-order chi connectivity index (χ0) is 20.1. The Kier molecular flexibility index (Phi) is 5.81. The molecule has 0 unspecified atom stereocenters. The second kappa shape index (κ2) is 8.83. The Morgan fingerprint density at radius 1 is 1.10 bits per heavy atom. The number of carbonyl (C=O) groups is 2. The third kappa shape index (κ3) is 4.78. The summed E-state index contributed by atoms with van der Waals surface area (Å²) >= 11 is 1.38. The van der Waals surface area contributed by atoms with Crippen molar-refractivity contribution in [3.63, 3.8) is 0 Å². The summed E-state index contributed by atoms with van der Waals surface area (Å²) in [5.74, 6) is 0.792. The average Bonchev–Trinajstić information content (AvgIpc) is 3.31.